The minimum Gasteiger partial charge on any atom is -0.478 e. The molecule has 0 atom stereocenters. The van der Waals surface area contributed by atoms with Gasteiger partial charge in [-0.05, 0) is 54.2 Å². The smallest absolute Gasteiger partial charge is 0.213 e. The third-order valence-electron chi connectivity index (χ3n) is 5.10. The summed E-state index contributed by atoms with van der Waals surface area (Å²) in [7, 11) is 0. The molecule has 138 valence electrons. The van der Waals surface area contributed by atoms with Crippen LogP contribution in [-0.4, -0.2) is 29.6 Å². The van der Waals surface area contributed by atoms with E-state index >= 15 is 0 Å². The molecule has 1 aromatic heterocycles. The first-order chi connectivity index (χ1) is 13.3. The summed E-state index contributed by atoms with van der Waals surface area (Å²) in [5, 5.41) is 3.94. The number of rotatable bonds is 7. The summed E-state index contributed by atoms with van der Waals surface area (Å²) in [6.07, 6.45) is 3.21. The molecule has 0 spiro atoms. The Kier molecular flexibility index (Phi) is 5.39. The molecule has 1 aliphatic rings. The molecule has 0 fully saturated rings. The minimum absolute atomic E-state index is 0.350. The molecule has 0 saturated heterocycles. The fourth-order valence-electron chi connectivity index (χ4n) is 3.63. The van der Waals surface area contributed by atoms with Crippen molar-refractivity contribution in [1.29, 1.82) is 0 Å². The lowest BCUT2D eigenvalue weighted by molar-refractivity contribution is 0.233. The van der Waals surface area contributed by atoms with Crippen molar-refractivity contribution in [1.82, 2.24) is 9.88 Å². The van der Waals surface area contributed by atoms with Gasteiger partial charge in [0.1, 0.15) is 11.2 Å². The number of benzene rings is 2. The quantitative estimate of drug-likeness (QED) is 0.446. The van der Waals surface area contributed by atoms with Gasteiger partial charge in [0, 0.05) is 24.5 Å². The molecule has 0 amide bonds. The summed E-state index contributed by atoms with van der Waals surface area (Å²) in [4.78, 5) is 17.9. The van der Waals surface area contributed by atoms with Gasteiger partial charge in [-0.3, -0.25) is 4.90 Å². The van der Waals surface area contributed by atoms with Gasteiger partial charge in [-0.25, -0.2) is 4.98 Å². The Bertz CT molecular complexity index is 942. The molecule has 5 heteroatoms. The van der Waals surface area contributed by atoms with Crippen molar-refractivity contribution in [2.75, 3.05) is 19.7 Å². The molecule has 0 N–H and O–H groups in total. The number of fused-ring (bicyclic) bond motifs is 2. The number of hydrogen-bond donors (Lipinski definition) is 0. The van der Waals surface area contributed by atoms with E-state index in [4.69, 9.17) is 4.74 Å². The molecular weight excluding hydrogens is 338 g/mol. The maximum absolute atomic E-state index is 10.9. The Morgan fingerprint density at radius 3 is 2.78 bits per heavy atom. The topological polar surface area (TPSA) is 54.8 Å². The van der Waals surface area contributed by atoms with E-state index in [0.29, 0.717) is 23.7 Å². The molecule has 1 aliphatic heterocycles. The van der Waals surface area contributed by atoms with Crippen molar-refractivity contribution >= 4 is 16.6 Å². The maximum Gasteiger partial charge on any atom is 0.213 e. The van der Waals surface area contributed by atoms with Crippen molar-refractivity contribution < 1.29 is 4.74 Å². The van der Waals surface area contributed by atoms with Crippen LogP contribution in [0.25, 0.3) is 10.9 Å². The first kappa shape index (κ1) is 17.6. The molecule has 0 unspecified atom stereocenters. The van der Waals surface area contributed by atoms with Crippen LogP contribution >= 0.6 is 0 Å². The number of para-hydroxylation sites is 1. The molecule has 2 heterocycles. The summed E-state index contributed by atoms with van der Waals surface area (Å²) < 4.78 is 5.79. The zero-order chi connectivity index (χ0) is 18.5. The van der Waals surface area contributed by atoms with Gasteiger partial charge in [-0.2, -0.15) is 0 Å². The van der Waals surface area contributed by atoms with Crippen LogP contribution < -0.4 is 4.74 Å². The average molecular weight is 361 g/mol. The Hall–Kier alpha value is -2.79. The van der Waals surface area contributed by atoms with E-state index in [1.54, 1.807) is 12.1 Å². The van der Waals surface area contributed by atoms with Gasteiger partial charge in [0.2, 0.25) is 5.88 Å². The number of hydrogen-bond acceptors (Lipinski definition) is 5. The number of ether oxygens (including phenoxy) is 1. The fourth-order valence-corrected chi connectivity index (χ4v) is 3.63. The normalized spacial score (nSPS) is 14.1. The van der Waals surface area contributed by atoms with E-state index in [2.05, 4.69) is 39.3 Å². The second-order valence-corrected chi connectivity index (χ2v) is 6.94. The predicted octanol–water partition coefficient (Wildman–Crippen LogP) is 4.85. The van der Waals surface area contributed by atoms with Gasteiger partial charge >= 0.3 is 0 Å². The molecule has 0 aliphatic carbocycles. The third-order valence-corrected chi connectivity index (χ3v) is 5.10. The third kappa shape index (κ3) is 4.14. The second-order valence-electron chi connectivity index (χ2n) is 6.94. The average Bonchev–Trinajstić information content (AvgIpc) is 2.73. The SMILES string of the molecule is O=Nc1cccc2ccc(OCCCCN3CCc4ccccc4C3)nc12. The van der Waals surface area contributed by atoms with Crippen LogP contribution in [0, 0.1) is 4.91 Å². The summed E-state index contributed by atoms with van der Waals surface area (Å²) in [6.45, 7) is 3.89. The van der Waals surface area contributed by atoms with E-state index < -0.39 is 0 Å². The molecule has 5 nitrogen and oxygen atoms in total. The monoisotopic (exact) mass is 361 g/mol. The largest absolute Gasteiger partial charge is 0.478 e. The standard InChI is InChI=1S/C22H23N3O2/c26-24-20-9-5-8-18-10-11-21(23-22(18)20)27-15-4-3-13-25-14-12-17-6-1-2-7-19(17)16-25/h1-2,5-11H,3-4,12-16H2. The van der Waals surface area contributed by atoms with Gasteiger partial charge in [0.05, 0.1) is 6.61 Å². The van der Waals surface area contributed by atoms with Crippen LogP contribution in [0.2, 0.25) is 0 Å². The Morgan fingerprint density at radius 2 is 1.89 bits per heavy atom. The number of nitrogens with zero attached hydrogens (tertiary/aromatic N) is 3. The number of nitroso groups, excluding NO2 is 1. The van der Waals surface area contributed by atoms with E-state index in [-0.39, 0.29) is 0 Å². The molecule has 4 rings (SSSR count). The molecule has 0 bridgehead atoms. The van der Waals surface area contributed by atoms with Crippen LogP contribution in [0.5, 0.6) is 5.88 Å². The number of aromatic nitrogens is 1. The summed E-state index contributed by atoms with van der Waals surface area (Å²) in [5.74, 6) is 0.547. The highest BCUT2D eigenvalue weighted by molar-refractivity contribution is 5.89. The number of pyridine rings is 1. The van der Waals surface area contributed by atoms with Gasteiger partial charge in [0.25, 0.3) is 0 Å². The lowest BCUT2D eigenvalue weighted by Crippen LogP contribution is -2.31. The first-order valence-corrected chi connectivity index (χ1v) is 9.48. The molecule has 2 aromatic carbocycles. The zero-order valence-electron chi connectivity index (χ0n) is 15.3. The summed E-state index contributed by atoms with van der Waals surface area (Å²) in [5.41, 5.74) is 3.89. The van der Waals surface area contributed by atoms with Crippen molar-refractivity contribution in [3.05, 3.63) is 70.6 Å². The maximum atomic E-state index is 10.9. The summed E-state index contributed by atoms with van der Waals surface area (Å²) >= 11 is 0. The number of unbranched alkanes of at least 4 members (excludes halogenated alkanes) is 1. The predicted molar refractivity (Wildman–Crippen MR) is 107 cm³/mol. The zero-order valence-corrected chi connectivity index (χ0v) is 15.3. The van der Waals surface area contributed by atoms with Crippen LogP contribution in [0.3, 0.4) is 0 Å². The lowest BCUT2D eigenvalue weighted by atomic mass is 10.00. The highest BCUT2D eigenvalue weighted by Crippen LogP contribution is 2.26. The Balaban J connectivity index is 1.25. The molecule has 27 heavy (non-hydrogen) atoms. The lowest BCUT2D eigenvalue weighted by Gasteiger charge is -2.28. The van der Waals surface area contributed by atoms with E-state index in [9.17, 15) is 4.91 Å². The van der Waals surface area contributed by atoms with Crippen molar-refractivity contribution in [2.45, 2.75) is 25.8 Å². The highest BCUT2D eigenvalue weighted by atomic mass is 16.5. The second kappa shape index (κ2) is 8.27. The highest BCUT2D eigenvalue weighted by Gasteiger charge is 2.14. The van der Waals surface area contributed by atoms with E-state index in [1.807, 2.05) is 18.2 Å². The van der Waals surface area contributed by atoms with Crippen molar-refractivity contribution in [2.24, 2.45) is 5.18 Å². The van der Waals surface area contributed by atoms with Gasteiger partial charge in [-0.15, -0.1) is 4.91 Å². The van der Waals surface area contributed by atoms with Gasteiger partial charge in [0.15, 0.2) is 0 Å². The fraction of sp³-hybridized carbons (Fsp3) is 0.318. The van der Waals surface area contributed by atoms with Crippen molar-refractivity contribution in [3.63, 3.8) is 0 Å². The van der Waals surface area contributed by atoms with Crippen LogP contribution in [0.4, 0.5) is 5.69 Å². The van der Waals surface area contributed by atoms with E-state index in [1.165, 1.54) is 11.1 Å². The molecule has 0 radical (unpaired) electrons. The first-order valence-electron chi connectivity index (χ1n) is 9.48. The van der Waals surface area contributed by atoms with Gasteiger partial charge in [-0.1, -0.05) is 36.4 Å². The van der Waals surface area contributed by atoms with Gasteiger partial charge < -0.3 is 4.74 Å². The summed E-state index contributed by atoms with van der Waals surface area (Å²) in [6, 6.07) is 17.9. The Morgan fingerprint density at radius 1 is 1.00 bits per heavy atom. The van der Waals surface area contributed by atoms with Crippen LogP contribution in [0.15, 0.2) is 59.8 Å². The Labute approximate surface area is 159 Å². The van der Waals surface area contributed by atoms with Crippen molar-refractivity contribution in [3.8, 4) is 5.88 Å². The van der Waals surface area contributed by atoms with Crippen LogP contribution in [-0.2, 0) is 13.0 Å². The van der Waals surface area contributed by atoms with E-state index in [0.717, 1.165) is 44.3 Å². The van der Waals surface area contributed by atoms with Crippen LogP contribution in [0.1, 0.15) is 24.0 Å². The minimum atomic E-state index is 0.350. The molecule has 3 aromatic rings. The molecule has 0 saturated carbocycles. The molecular formula is C22H23N3O2.